The van der Waals surface area contributed by atoms with Gasteiger partial charge in [-0.15, -0.1) is 0 Å². The van der Waals surface area contributed by atoms with Crippen LogP contribution >= 0.6 is 17.0 Å². The molecular formula is C25H30Cl2O2SiZr. The van der Waals surface area contributed by atoms with E-state index in [2.05, 4.69) is 84.0 Å². The van der Waals surface area contributed by atoms with Crippen LogP contribution in [-0.2, 0) is 25.1 Å². The van der Waals surface area contributed by atoms with Crippen molar-refractivity contribution in [3.05, 3.63) is 82.9 Å². The van der Waals surface area contributed by atoms with E-state index in [1.807, 2.05) is 13.0 Å². The number of ether oxygens (including phenoxy) is 1. The van der Waals surface area contributed by atoms with Crippen molar-refractivity contribution in [2.75, 3.05) is 13.2 Å². The van der Waals surface area contributed by atoms with Gasteiger partial charge in [-0.1, -0.05) is 0 Å². The van der Waals surface area contributed by atoms with Gasteiger partial charge in [-0.2, -0.15) is 0 Å². The van der Waals surface area contributed by atoms with Crippen molar-refractivity contribution in [3.63, 3.8) is 0 Å². The molecule has 4 rings (SSSR count). The summed E-state index contributed by atoms with van der Waals surface area (Å²) in [6.45, 7) is 9.71. The summed E-state index contributed by atoms with van der Waals surface area (Å²) in [5.74, 6) is 0.874. The first-order valence-corrected chi connectivity index (χ1v) is 24.9. The van der Waals surface area contributed by atoms with E-state index in [-0.39, 0.29) is 7.25 Å². The van der Waals surface area contributed by atoms with Crippen LogP contribution in [0.25, 0.3) is 11.8 Å². The predicted molar refractivity (Wildman–Crippen MR) is 134 cm³/mol. The number of rotatable bonds is 7. The fourth-order valence-corrected chi connectivity index (χ4v) is 19.0. The topological polar surface area (TPSA) is 18.5 Å². The normalized spacial score (nSPS) is 20.3. The van der Waals surface area contributed by atoms with Gasteiger partial charge < -0.3 is 0 Å². The van der Waals surface area contributed by atoms with Crippen molar-refractivity contribution in [1.82, 2.24) is 0 Å². The summed E-state index contributed by atoms with van der Waals surface area (Å²) in [5, 5.41) is 0. The third kappa shape index (κ3) is 4.39. The first-order valence-electron chi connectivity index (χ1n) is 10.9. The van der Waals surface area contributed by atoms with E-state index in [1.54, 1.807) is 0 Å². The first-order chi connectivity index (χ1) is 14.6. The summed E-state index contributed by atoms with van der Waals surface area (Å²) in [6.07, 6.45) is 6.56. The van der Waals surface area contributed by atoms with Crippen LogP contribution in [0.1, 0.15) is 36.4 Å². The molecule has 0 aromatic heterocycles. The number of halogens is 2. The van der Waals surface area contributed by atoms with Gasteiger partial charge in [-0.3, -0.25) is 0 Å². The molecule has 2 atom stereocenters. The van der Waals surface area contributed by atoms with E-state index in [0.29, 0.717) is 13.2 Å². The number of allylic oxidation sites excluding steroid dienone is 2. The van der Waals surface area contributed by atoms with Crippen LogP contribution < -0.4 is 0 Å². The molecule has 2 aliphatic carbocycles. The maximum atomic E-state index is 7.68. The van der Waals surface area contributed by atoms with Gasteiger partial charge >= 0.3 is 196 Å². The van der Waals surface area contributed by atoms with Crippen LogP contribution in [0.5, 0.6) is 0 Å². The first kappa shape index (κ1) is 23.4. The van der Waals surface area contributed by atoms with Gasteiger partial charge in [-0.05, 0) is 0 Å². The maximum absolute atomic E-state index is 7.68. The molecule has 2 aromatic rings. The van der Waals surface area contributed by atoms with E-state index in [9.17, 15) is 0 Å². The number of hydrogen-bond acceptors (Lipinski definition) is 2. The third-order valence-electron chi connectivity index (χ3n) is 6.29. The quantitative estimate of drug-likeness (QED) is 0.261. The molecule has 0 fully saturated rings. The standard InChI is InChI=1S/C14H19O2Si.C9H7.C2H4.2ClH.Zr/c1-17(2,3)16-11-10-15-14-9-8-12-6-4-5-7-13(12)14;1-2-5-9-7-3-6-8(9)4-1;1-2;;;/h4-9H,10-11H2,1-3H3;1-7H;1H,2H3;2*1H;/q;;;;;+2/p-2. The molecule has 2 unspecified atom stereocenters. The molecule has 0 bridgehead atoms. The van der Waals surface area contributed by atoms with Gasteiger partial charge in [0, 0.05) is 0 Å². The summed E-state index contributed by atoms with van der Waals surface area (Å²) in [5.41, 5.74) is 4.72. The molecule has 31 heavy (non-hydrogen) atoms. The Kier molecular flexibility index (Phi) is 6.44. The van der Waals surface area contributed by atoms with Gasteiger partial charge in [0.25, 0.3) is 0 Å². The van der Waals surface area contributed by atoms with Crippen molar-refractivity contribution < 1.29 is 25.1 Å². The summed E-state index contributed by atoms with van der Waals surface area (Å²) in [4.78, 5) is 0. The Bertz CT molecular complexity index is 1120. The number of hydrogen-bond donors (Lipinski definition) is 0. The SMILES string of the molecule is C[CH]=[Zr]([Cl])([Cl])([CH]1C=Cc2ccccc21)[CH]1C=C(OCCO[Si](C)(C)C)c2ccccc21. The molecule has 164 valence electrons. The zero-order valence-electron chi connectivity index (χ0n) is 18.6. The minimum absolute atomic E-state index is 0.0369. The fraction of sp³-hybridized carbons (Fsp3) is 0.320. The van der Waals surface area contributed by atoms with Crippen molar-refractivity contribution in [1.29, 1.82) is 0 Å². The Morgan fingerprint density at radius 2 is 1.61 bits per heavy atom. The second-order valence-corrected chi connectivity index (χ2v) is 35.5. The van der Waals surface area contributed by atoms with Crippen LogP contribution in [0.15, 0.2) is 60.7 Å². The number of benzene rings is 2. The molecule has 0 spiro atoms. The zero-order chi connectivity index (χ0) is 22.3. The van der Waals surface area contributed by atoms with Gasteiger partial charge in [0.1, 0.15) is 0 Å². The molecule has 0 N–H and O–H groups in total. The van der Waals surface area contributed by atoms with Crippen LogP contribution in [0.2, 0.25) is 19.6 Å². The van der Waals surface area contributed by atoms with Crippen molar-refractivity contribution in [2.45, 2.75) is 33.8 Å². The van der Waals surface area contributed by atoms with Gasteiger partial charge in [0.05, 0.1) is 0 Å². The van der Waals surface area contributed by atoms with E-state index in [1.165, 1.54) is 16.7 Å². The molecule has 0 radical (unpaired) electrons. The van der Waals surface area contributed by atoms with Gasteiger partial charge in [-0.25, -0.2) is 0 Å². The van der Waals surface area contributed by atoms with Crippen LogP contribution in [0, 0.1) is 0 Å². The van der Waals surface area contributed by atoms with Gasteiger partial charge in [0.2, 0.25) is 0 Å². The molecule has 0 heterocycles. The average Bonchev–Trinajstić information content (AvgIpc) is 3.34. The second kappa shape index (κ2) is 8.54. The Morgan fingerprint density at radius 3 is 2.32 bits per heavy atom. The fourth-order valence-electron chi connectivity index (χ4n) is 4.69. The number of fused-ring (bicyclic) bond motifs is 2. The van der Waals surface area contributed by atoms with Crippen LogP contribution in [-0.4, -0.2) is 25.2 Å². The predicted octanol–water partition coefficient (Wildman–Crippen LogP) is 7.54. The minimum atomic E-state index is -4.55. The molecular weight excluding hydrogens is 522 g/mol. The summed E-state index contributed by atoms with van der Waals surface area (Å²) >= 11 is -4.55. The van der Waals surface area contributed by atoms with E-state index in [4.69, 9.17) is 26.2 Å². The van der Waals surface area contributed by atoms with Crippen molar-refractivity contribution >= 4 is 40.9 Å². The van der Waals surface area contributed by atoms with Crippen LogP contribution in [0.4, 0.5) is 0 Å². The van der Waals surface area contributed by atoms with E-state index < -0.39 is 24.2 Å². The third-order valence-corrected chi connectivity index (χ3v) is 26.5. The monoisotopic (exact) mass is 550 g/mol. The van der Waals surface area contributed by atoms with Crippen molar-refractivity contribution in [3.8, 4) is 0 Å². The van der Waals surface area contributed by atoms with E-state index in [0.717, 1.165) is 11.3 Å². The molecule has 6 heteroatoms. The molecule has 2 nitrogen and oxygen atoms in total. The van der Waals surface area contributed by atoms with Crippen LogP contribution in [0.3, 0.4) is 0 Å². The van der Waals surface area contributed by atoms with E-state index >= 15 is 0 Å². The zero-order valence-corrected chi connectivity index (χ0v) is 23.5. The average molecular weight is 553 g/mol. The Hall–Kier alpha value is -0.770. The molecule has 2 aliphatic rings. The molecule has 0 aliphatic heterocycles. The summed E-state index contributed by atoms with van der Waals surface area (Å²) in [6, 6.07) is 16.8. The Morgan fingerprint density at radius 1 is 0.935 bits per heavy atom. The molecule has 0 amide bonds. The van der Waals surface area contributed by atoms with Gasteiger partial charge in [0.15, 0.2) is 0 Å². The second-order valence-electron chi connectivity index (χ2n) is 9.39. The Balaban J connectivity index is 1.70. The molecule has 2 aromatic carbocycles. The summed E-state index contributed by atoms with van der Waals surface area (Å²) in [7, 11) is 13.8. The Labute approximate surface area is 194 Å². The van der Waals surface area contributed by atoms with Crippen molar-refractivity contribution in [2.24, 2.45) is 0 Å². The molecule has 0 saturated heterocycles. The summed E-state index contributed by atoms with van der Waals surface area (Å²) < 4.78 is 14.3. The molecule has 0 saturated carbocycles.